The predicted molar refractivity (Wildman–Crippen MR) is 179 cm³/mol. The average Bonchev–Trinajstić information content (AvgIpc) is 3.03. The Balaban J connectivity index is 1.55. The Hall–Kier alpha value is -2.59. The van der Waals surface area contributed by atoms with Gasteiger partial charge in [-0.1, -0.05) is 36.7 Å². The summed E-state index contributed by atoms with van der Waals surface area (Å²) in [7, 11) is -0.710. The van der Waals surface area contributed by atoms with Crippen LogP contribution < -0.4 is 14.4 Å². The van der Waals surface area contributed by atoms with Gasteiger partial charge in [0.2, 0.25) is 10.0 Å². The minimum absolute atomic E-state index is 0.0539. The third-order valence-electron chi connectivity index (χ3n) is 9.93. The maximum Gasteiger partial charge on any atom is 0.264 e. The molecule has 6 atom stereocenters. The van der Waals surface area contributed by atoms with E-state index in [1.807, 2.05) is 38.1 Å². The van der Waals surface area contributed by atoms with Crippen molar-refractivity contribution in [3.05, 3.63) is 70.3 Å². The van der Waals surface area contributed by atoms with E-state index in [9.17, 15) is 13.2 Å². The number of benzene rings is 2. The first-order valence-electron chi connectivity index (χ1n) is 16.2. The summed E-state index contributed by atoms with van der Waals surface area (Å²) in [6.45, 7) is 5.71. The van der Waals surface area contributed by atoms with E-state index in [2.05, 4.69) is 15.7 Å². The number of carbonyl (C=O) groups is 1. The highest BCUT2D eigenvalue weighted by molar-refractivity contribution is 7.90. The number of rotatable bonds is 4. The molecule has 1 N–H and O–H groups in total. The third kappa shape index (κ3) is 8.05. The lowest BCUT2D eigenvalue weighted by atomic mass is 9.70. The standard InChI is InChI=1S/C35H47ClN2O6S/c1-23-8-7-10-32(43-4)30-15-12-27(30)21-38-17-6-5-9-25-19-29(36)14-11-28(25)22-44-33-16-13-26(20-31(33)38)35(39)37-45(40,41)34(23)18-24(2)42-3/h7,10-11,13-14,16,19-20,23-24,27,30,32,34H,5-6,8-9,12,15,17-18,21-22H2,1-4H3,(H,37,39)/b10-7+/t23?,24-,27+,30-,32?,34-/m1/s1. The Morgan fingerprint density at radius 2 is 1.93 bits per heavy atom. The molecule has 0 aromatic heterocycles. The zero-order chi connectivity index (χ0) is 32.1. The number of aryl methyl sites for hydroxylation is 1. The van der Waals surface area contributed by atoms with Gasteiger partial charge in [-0.05, 0) is 111 Å². The van der Waals surface area contributed by atoms with Gasteiger partial charge in [-0.25, -0.2) is 13.1 Å². The molecular formula is C35H47ClN2O6S. The number of ether oxygens (including phenoxy) is 3. The Kier molecular flexibility index (Phi) is 11.2. The molecule has 246 valence electrons. The molecule has 5 rings (SSSR count). The number of fused-ring (bicyclic) bond motifs is 3. The van der Waals surface area contributed by atoms with Crippen molar-refractivity contribution in [3.63, 3.8) is 0 Å². The van der Waals surface area contributed by atoms with Gasteiger partial charge in [-0.2, -0.15) is 0 Å². The molecule has 1 saturated carbocycles. The summed E-state index contributed by atoms with van der Waals surface area (Å²) in [5.74, 6) is 0.534. The number of hydrogen-bond donors (Lipinski definition) is 1. The molecule has 2 unspecified atom stereocenters. The molecule has 2 aliphatic heterocycles. The van der Waals surface area contributed by atoms with Gasteiger partial charge in [0, 0.05) is 37.9 Å². The van der Waals surface area contributed by atoms with E-state index in [1.54, 1.807) is 32.4 Å². The van der Waals surface area contributed by atoms with E-state index in [4.69, 9.17) is 25.8 Å². The second-order valence-electron chi connectivity index (χ2n) is 12.9. The lowest BCUT2D eigenvalue weighted by Gasteiger charge is -2.43. The van der Waals surface area contributed by atoms with Crippen molar-refractivity contribution in [2.45, 2.75) is 82.9 Å². The van der Waals surface area contributed by atoms with Crippen LogP contribution in [0.3, 0.4) is 0 Å². The summed E-state index contributed by atoms with van der Waals surface area (Å²) in [5, 5.41) is -0.105. The summed E-state index contributed by atoms with van der Waals surface area (Å²) >= 11 is 6.34. The Labute approximate surface area is 273 Å². The van der Waals surface area contributed by atoms with Crippen molar-refractivity contribution in [3.8, 4) is 5.75 Å². The molecule has 2 aromatic carbocycles. The van der Waals surface area contributed by atoms with Crippen LogP contribution in [0.4, 0.5) is 5.69 Å². The number of methoxy groups -OCH3 is 2. The smallest absolute Gasteiger partial charge is 0.264 e. The first-order chi connectivity index (χ1) is 21.6. The summed E-state index contributed by atoms with van der Waals surface area (Å²) < 4.78 is 47.8. The van der Waals surface area contributed by atoms with Crippen LogP contribution in [0.1, 0.15) is 73.9 Å². The highest BCUT2D eigenvalue weighted by Crippen LogP contribution is 2.42. The van der Waals surface area contributed by atoms with Gasteiger partial charge in [0.05, 0.1) is 23.1 Å². The van der Waals surface area contributed by atoms with Crippen LogP contribution in [-0.4, -0.2) is 59.1 Å². The number of carbonyl (C=O) groups excluding carboxylic acids is 1. The number of amides is 1. The summed E-state index contributed by atoms with van der Waals surface area (Å²) in [6, 6.07) is 11.2. The molecule has 10 heteroatoms. The highest BCUT2D eigenvalue weighted by Gasteiger charge is 2.38. The molecule has 1 aliphatic carbocycles. The van der Waals surface area contributed by atoms with E-state index in [0.29, 0.717) is 35.6 Å². The van der Waals surface area contributed by atoms with Gasteiger partial charge in [-0.3, -0.25) is 4.79 Å². The van der Waals surface area contributed by atoms with Crippen LogP contribution in [0.2, 0.25) is 5.02 Å². The summed E-state index contributed by atoms with van der Waals surface area (Å²) in [6.07, 6.45) is 9.62. The van der Waals surface area contributed by atoms with E-state index in [1.165, 1.54) is 5.56 Å². The monoisotopic (exact) mass is 658 g/mol. The average molecular weight is 659 g/mol. The van der Waals surface area contributed by atoms with Crippen LogP contribution in [0.25, 0.3) is 0 Å². The predicted octanol–water partition coefficient (Wildman–Crippen LogP) is 6.55. The van der Waals surface area contributed by atoms with Crippen LogP contribution >= 0.6 is 11.6 Å². The largest absolute Gasteiger partial charge is 0.487 e. The number of halogens is 1. The zero-order valence-corrected chi connectivity index (χ0v) is 28.4. The van der Waals surface area contributed by atoms with Gasteiger partial charge in [-0.15, -0.1) is 0 Å². The molecular weight excluding hydrogens is 612 g/mol. The molecule has 3 aliphatic rings. The Morgan fingerprint density at radius 1 is 1.11 bits per heavy atom. The third-order valence-corrected chi connectivity index (χ3v) is 12.1. The van der Waals surface area contributed by atoms with Crippen molar-refractivity contribution in [2.24, 2.45) is 17.8 Å². The minimum Gasteiger partial charge on any atom is -0.487 e. The van der Waals surface area contributed by atoms with Gasteiger partial charge < -0.3 is 19.1 Å². The molecule has 0 radical (unpaired) electrons. The zero-order valence-electron chi connectivity index (χ0n) is 26.8. The summed E-state index contributed by atoms with van der Waals surface area (Å²) in [5.41, 5.74) is 3.36. The van der Waals surface area contributed by atoms with Gasteiger partial charge in [0.1, 0.15) is 12.4 Å². The molecule has 2 heterocycles. The van der Waals surface area contributed by atoms with Crippen molar-refractivity contribution < 1.29 is 27.4 Å². The van der Waals surface area contributed by atoms with Gasteiger partial charge >= 0.3 is 0 Å². The normalized spacial score (nSPS) is 28.6. The van der Waals surface area contributed by atoms with Gasteiger partial charge in [0.25, 0.3) is 5.91 Å². The summed E-state index contributed by atoms with van der Waals surface area (Å²) in [4.78, 5) is 16.0. The van der Waals surface area contributed by atoms with Crippen LogP contribution in [0.5, 0.6) is 5.75 Å². The topological polar surface area (TPSA) is 94.2 Å². The molecule has 0 saturated heterocycles. The highest BCUT2D eigenvalue weighted by atomic mass is 35.5. The van der Waals surface area contributed by atoms with Crippen LogP contribution in [0, 0.1) is 17.8 Å². The van der Waals surface area contributed by atoms with E-state index < -0.39 is 21.2 Å². The number of hydrogen-bond acceptors (Lipinski definition) is 7. The lowest BCUT2D eigenvalue weighted by Crippen LogP contribution is -2.44. The molecule has 45 heavy (non-hydrogen) atoms. The van der Waals surface area contributed by atoms with Crippen molar-refractivity contribution in [1.29, 1.82) is 0 Å². The number of nitrogens with one attached hydrogen (secondary N) is 1. The van der Waals surface area contributed by atoms with Gasteiger partial charge in [0.15, 0.2) is 0 Å². The quantitative estimate of drug-likeness (QED) is 0.372. The van der Waals surface area contributed by atoms with Crippen molar-refractivity contribution in [1.82, 2.24) is 4.72 Å². The SMILES string of the molecule is COC1/C=C/CC(C)[C@@H](C[C@@H](C)OC)S(=O)(=O)NC(=O)c2ccc3c(c2)N(CCCCc2cc(Cl)ccc2CO3)C[C@@H]2CC[C@@H]12. The molecule has 1 amide bonds. The van der Waals surface area contributed by atoms with E-state index in [-0.39, 0.29) is 30.1 Å². The molecule has 2 aromatic rings. The number of anilines is 1. The number of nitrogens with zero attached hydrogens (tertiary/aromatic N) is 1. The van der Waals surface area contributed by atoms with E-state index in [0.717, 1.165) is 56.4 Å². The molecule has 8 nitrogen and oxygen atoms in total. The Bertz CT molecular complexity index is 1480. The maximum atomic E-state index is 13.8. The fraction of sp³-hybridized carbons (Fsp3) is 0.571. The van der Waals surface area contributed by atoms with Crippen LogP contribution in [-0.2, 0) is 32.5 Å². The second kappa shape index (κ2) is 14.9. The first-order valence-corrected chi connectivity index (χ1v) is 18.1. The molecule has 0 spiro atoms. The molecule has 1 fully saturated rings. The maximum absolute atomic E-state index is 13.8. The Morgan fingerprint density at radius 3 is 2.67 bits per heavy atom. The van der Waals surface area contributed by atoms with Crippen molar-refractivity contribution in [2.75, 3.05) is 32.2 Å². The minimum atomic E-state index is -4.03. The van der Waals surface area contributed by atoms with Crippen LogP contribution in [0.15, 0.2) is 48.6 Å². The van der Waals surface area contributed by atoms with E-state index >= 15 is 0 Å². The fourth-order valence-electron chi connectivity index (χ4n) is 6.94. The fourth-order valence-corrected chi connectivity index (χ4v) is 8.91. The first kappa shape index (κ1) is 33.8. The molecule has 2 bridgehead atoms. The second-order valence-corrected chi connectivity index (χ2v) is 15.3. The van der Waals surface area contributed by atoms with Crippen molar-refractivity contribution >= 4 is 33.2 Å². The number of allylic oxidation sites excluding steroid dienone is 1. The number of sulfonamides is 1. The lowest BCUT2D eigenvalue weighted by molar-refractivity contribution is 0.0134.